The second-order valence-electron chi connectivity index (χ2n) is 10.6. The predicted octanol–water partition coefficient (Wildman–Crippen LogP) is 4.97. The number of hydrogen-bond acceptors (Lipinski definition) is 9. The van der Waals surface area contributed by atoms with Crippen LogP contribution in [0.5, 0.6) is 5.75 Å². The lowest BCUT2D eigenvalue weighted by molar-refractivity contribution is 0.0279. The number of methoxy groups -OCH3 is 1. The van der Waals surface area contributed by atoms with Crippen LogP contribution in [0.2, 0.25) is 0 Å². The lowest BCUT2D eigenvalue weighted by Gasteiger charge is -2.27. The first-order valence-corrected chi connectivity index (χ1v) is 14.8. The smallest absolute Gasteiger partial charge is 0.229 e. The lowest BCUT2D eigenvalue weighted by Crippen LogP contribution is -2.33. The number of benzene rings is 2. The number of aryl methyl sites for hydroxylation is 1. The molecule has 0 saturated carbocycles. The molecule has 1 aliphatic rings. The molecule has 43 heavy (non-hydrogen) atoms. The molecule has 0 amide bonds. The highest BCUT2D eigenvalue weighted by Crippen LogP contribution is 2.39. The maximum absolute atomic E-state index is 6.13. The van der Waals surface area contributed by atoms with Gasteiger partial charge in [0.25, 0.3) is 0 Å². The molecule has 1 atom stereocenters. The van der Waals surface area contributed by atoms with Crippen LogP contribution in [0.4, 0.5) is 11.6 Å². The van der Waals surface area contributed by atoms with Gasteiger partial charge in [-0.1, -0.05) is 30.3 Å². The number of aromatic nitrogens is 6. The predicted molar refractivity (Wildman–Crippen MR) is 170 cm³/mol. The van der Waals surface area contributed by atoms with Crippen molar-refractivity contribution in [3.63, 3.8) is 0 Å². The van der Waals surface area contributed by atoms with E-state index >= 15 is 0 Å². The molecule has 222 valence electrons. The maximum Gasteiger partial charge on any atom is 0.229 e. The Balaban J connectivity index is 1.39. The van der Waals surface area contributed by atoms with Crippen LogP contribution in [0.15, 0.2) is 71.7 Å². The number of rotatable bonds is 9. The molecule has 0 radical (unpaired) electrons. The van der Waals surface area contributed by atoms with E-state index in [-0.39, 0.29) is 6.10 Å². The zero-order chi connectivity index (χ0) is 29.9. The van der Waals surface area contributed by atoms with E-state index in [1.807, 2.05) is 70.1 Å². The first-order valence-electron chi connectivity index (χ1n) is 14.0. The van der Waals surface area contributed by atoms with Crippen molar-refractivity contribution in [2.75, 3.05) is 46.2 Å². The van der Waals surface area contributed by atoms with Gasteiger partial charge in [0.05, 0.1) is 41.9 Å². The summed E-state index contributed by atoms with van der Waals surface area (Å²) in [6, 6.07) is 14.2. The van der Waals surface area contributed by atoms with E-state index in [9.17, 15) is 0 Å². The molecule has 5 aromatic rings. The van der Waals surface area contributed by atoms with Gasteiger partial charge in [-0.05, 0) is 53.3 Å². The van der Waals surface area contributed by atoms with Crippen LogP contribution in [0.25, 0.3) is 28.2 Å². The van der Waals surface area contributed by atoms with Gasteiger partial charge < -0.3 is 25.0 Å². The number of nitrogens with zero attached hydrogens (tertiary/aromatic N) is 7. The second kappa shape index (κ2) is 12.6. The maximum atomic E-state index is 6.13. The third kappa shape index (κ3) is 6.32. The lowest BCUT2D eigenvalue weighted by atomic mass is 9.96. The molecule has 1 aliphatic heterocycles. The average molecular weight is 645 g/mol. The summed E-state index contributed by atoms with van der Waals surface area (Å²) in [5, 5.41) is 16.2. The topological polar surface area (TPSA) is 107 Å². The Morgan fingerprint density at radius 3 is 2.67 bits per heavy atom. The van der Waals surface area contributed by atoms with Crippen molar-refractivity contribution in [2.24, 2.45) is 7.05 Å². The van der Waals surface area contributed by atoms with Crippen LogP contribution in [0.1, 0.15) is 17.2 Å². The second-order valence-corrected chi connectivity index (χ2v) is 11.5. The Morgan fingerprint density at radius 1 is 1.14 bits per heavy atom. The van der Waals surface area contributed by atoms with E-state index in [0.29, 0.717) is 30.7 Å². The SMILES string of the molecule is COc1cc(C2CNCCO2)c(-c2cnn(C)c2)cc1Nc1ncc(Br)c(-n2cc(CN(C)C)c(-c3ccccc3)n2)n1. The minimum absolute atomic E-state index is 0.113. The molecule has 2 N–H and O–H groups in total. The summed E-state index contributed by atoms with van der Waals surface area (Å²) in [5.41, 5.74) is 6.77. The fraction of sp³-hybridized carbons (Fsp3) is 0.290. The highest BCUT2D eigenvalue weighted by Gasteiger charge is 2.24. The van der Waals surface area contributed by atoms with Crippen LogP contribution in [0.3, 0.4) is 0 Å². The van der Waals surface area contributed by atoms with Gasteiger partial charge >= 0.3 is 0 Å². The molecule has 1 saturated heterocycles. The Kier molecular flexibility index (Phi) is 8.52. The van der Waals surface area contributed by atoms with Gasteiger partial charge in [0.15, 0.2) is 5.82 Å². The van der Waals surface area contributed by atoms with E-state index in [0.717, 1.165) is 56.8 Å². The minimum atomic E-state index is -0.113. The highest BCUT2D eigenvalue weighted by atomic mass is 79.9. The summed E-state index contributed by atoms with van der Waals surface area (Å²) < 4.78 is 16.3. The third-order valence-electron chi connectivity index (χ3n) is 7.17. The van der Waals surface area contributed by atoms with Crippen LogP contribution in [-0.2, 0) is 18.3 Å². The van der Waals surface area contributed by atoms with Crippen LogP contribution in [0, 0.1) is 0 Å². The summed E-state index contributed by atoms with van der Waals surface area (Å²) >= 11 is 3.64. The van der Waals surface area contributed by atoms with E-state index < -0.39 is 0 Å². The van der Waals surface area contributed by atoms with Crippen molar-refractivity contribution in [1.82, 2.24) is 39.7 Å². The Labute approximate surface area is 259 Å². The van der Waals surface area contributed by atoms with Gasteiger partial charge in [-0.2, -0.15) is 15.2 Å². The van der Waals surface area contributed by atoms with Crippen LogP contribution >= 0.6 is 15.9 Å². The summed E-state index contributed by atoms with van der Waals surface area (Å²) in [4.78, 5) is 11.6. The summed E-state index contributed by atoms with van der Waals surface area (Å²) in [6.07, 6.45) is 7.48. The zero-order valence-corrected chi connectivity index (χ0v) is 26.2. The molecule has 0 bridgehead atoms. The summed E-state index contributed by atoms with van der Waals surface area (Å²) in [5.74, 6) is 1.68. The minimum Gasteiger partial charge on any atom is -0.495 e. The number of ether oxygens (including phenoxy) is 2. The first kappa shape index (κ1) is 29.0. The quantitative estimate of drug-likeness (QED) is 0.230. The molecule has 2 aromatic carbocycles. The van der Waals surface area contributed by atoms with Crippen molar-refractivity contribution in [2.45, 2.75) is 12.6 Å². The molecule has 4 heterocycles. The van der Waals surface area contributed by atoms with Crippen molar-refractivity contribution >= 4 is 27.6 Å². The van der Waals surface area contributed by atoms with Crippen LogP contribution < -0.4 is 15.4 Å². The molecule has 12 heteroatoms. The van der Waals surface area contributed by atoms with Gasteiger partial charge in [-0.25, -0.2) is 9.67 Å². The number of nitrogens with one attached hydrogen (secondary N) is 2. The molecule has 0 spiro atoms. The van der Waals surface area contributed by atoms with E-state index in [2.05, 4.69) is 53.7 Å². The van der Waals surface area contributed by atoms with Gasteiger partial charge in [-0.3, -0.25) is 4.68 Å². The Morgan fingerprint density at radius 2 is 1.98 bits per heavy atom. The standard InChI is InChI=1S/C31H34BrN9O2/c1-39(2)17-22-19-41(38-29(22)20-8-6-5-7-9-20)30-25(32)15-34-31(37-30)36-26-12-23(21-14-35-40(3)18-21)24(13-27(26)42-4)28-16-33-10-11-43-28/h5-9,12-15,18-19,28,33H,10-11,16-17H2,1-4H3,(H,34,36,37). The fourth-order valence-corrected chi connectivity index (χ4v) is 5.59. The molecule has 1 fully saturated rings. The molecule has 1 unspecified atom stereocenters. The number of morpholine rings is 1. The van der Waals surface area contributed by atoms with E-state index in [1.54, 1.807) is 22.7 Å². The third-order valence-corrected chi connectivity index (χ3v) is 7.73. The van der Waals surface area contributed by atoms with E-state index in [1.165, 1.54) is 0 Å². The van der Waals surface area contributed by atoms with Crippen molar-refractivity contribution in [3.8, 4) is 34.0 Å². The fourth-order valence-electron chi connectivity index (χ4n) is 5.22. The van der Waals surface area contributed by atoms with Crippen molar-refractivity contribution in [1.29, 1.82) is 0 Å². The highest BCUT2D eigenvalue weighted by molar-refractivity contribution is 9.10. The number of hydrogen-bond donors (Lipinski definition) is 2. The summed E-state index contributed by atoms with van der Waals surface area (Å²) in [6.45, 7) is 2.93. The average Bonchev–Trinajstić information content (AvgIpc) is 3.64. The summed E-state index contributed by atoms with van der Waals surface area (Å²) in [7, 11) is 7.65. The van der Waals surface area contributed by atoms with Gasteiger partial charge in [0, 0.05) is 62.0 Å². The molecular formula is C31H34BrN9O2. The first-order chi connectivity index (χ1) is 20.9. The Bertz CT molecular complexity index is 1710. The van der Waals surface area contributed by atoms with Crippen LogP contribution in [-0.4, -0.2) is 75.3 Å². The largest absolute Gasteiger partial charge is 0.495 e. The molecule has 6 rings (SSSR count). The molecule has 11 nitrogen and oxygen atoms in total. The van der Waals surface area contributed by atoms with Gasteiger partial charge in [0.2, 0.25) is 5.95 Å². The number of halogens is 1. The number of anilines is 2. The normalized spacial score (nSPS) is 15.2. The van der Waals surface area contributed by atoms with Gasteiger partial charge in [0.1, 0.15) is 5.75 Å². The monoisotopic (exact) mass is 643 g/mol. The molecule has 3 aromatic heterocycles. The van der Waals surface area contributed by atoms with Gasteiger partial charge in [-0.15, -0.1) is 0 Å². The van der Waals surface area contributed by atoms with E-state index in [4.69, 9.17) is 19.6 Å². The Hall–Kier alpha value is -4.10. The molecule has 0 aliphatic carbocycles. The molecular weight excluding hydrogens is 610 g/mol. The van der Waals surface area contributed by atoms with Crippen molar-refractivity contribution in [3.05, 3.63) is 82.9 Å². The van der Waals surface area contributed by atoms with Crippen molar-refractivity contribution < 1.29 is 9.47 Å². The zero-order valence-electron chi connectivity index (χ0n) is 24.6.